The minimum absolute atomic E-state index is 0.00677. The fraction of sp³-hybridized carbons (Fsp3) is 0.385. The minimum Gasteiger partial charge on any atom is -0.457 e. The van der Waals surface area contributed by atoms with Crippen LogP contribution in [0.2, 0.25) is 0 Å². The van der Waals surface area contributed by atoms with E-state index in [1.807, 2.05) is 0 Å². The van der Waals surface area contributed by atoms with Crippen LogP contribution in [-0.2, 0) is 37.9 Å². The number of furan rings is 1. The Bertz CT molecular complexity index is 4070. The number of anilines is 9. The highest BCUT2D eigenvalue weighted by Gasteiger charge is 2.48. The van der Waals surface area contributed by atoms with Gasteiger partial charge in [-0.05, 0) is 223 Å². The Labute approximate surface area is 497 Å². The Balaban J connectivity index is 1.16. The van der Waals surface area contributed by atoms with Gasteiger partial charge in [0, 0.05) is 62.0 Å². The maximum Gasteiger partial charge on any atom is 0.257 e. The molecule has 3 heterocycles. The fourth-order valence-electron chi connectivity index (χ4n) is 14.9. The maximum absolute atomic E-state index is 7.35. The molecule has 0 atom stereocenters. The molecule has 1 aromatic heterocycles. The van der Waals surface area contributed by atoms with Crippen LogP contribution in [0.5, 0.6) is 0 Å². The van der Waals surface area contributed by atoms with E-state index in [9.17, 15) is 0 Å². The van der Waals surface area contributed by atoms with Crippen molar-refractivity contribution >= 4 is 96.2 Å². The van der Waals surface area contributed by atoms with Crippen molar-refractivity contribution < 1.29 is 4.42 Å². The molecule has 424 valence electrons. The number of benzene rings is 8. The zero-order chi connectivity index (χ0) is 59.0. The van der Waals surface area contributed by atoms with Gasteiger partial charge in [0.15, 0.2) is 0 Å². The van der Waals surface area contributed by atoms with E-state index >= 15 is 0 Å². The van der Waals surface area contributed by atoms with Crippen molar-refractivity contribution in [1.29, 1.82) is 0 Å². The molecule has 8 aromatic carbocycles. The van der Waals surface area contributed by atoms with E-state index in [1.165, 1.54) is 107 Å². The first-order valence-electron chi connectivity index (χ1n) is 31.0. The van der Waals surface area contributed by atoms with E-state index in [-0.39, 0.29) is 44.6 Å². The zero-order valence-electron chi connectivity index (χ0n) is 53.4. The first kappa shape index (κ1) is 55.2. The average Bonchev–Trinajstić information content (AvgIpc) is 1.53. The minimum atomic E-state index is -0.188. The van der Waals surface area contributed by atoms with Crippen molar-refractivity contribution in [3.63, 3.8) is 0 Å². The highest BCUT2D eigenvalue weighted by molar-refractivity contribution is 7.01. The first-order valence-corrected chi connectivity index (χ1v) is 31.0. The van der Waals surface area contributed by atoms with Gasteiger partial charge in [0.25, 0.3) is 6.71 Å². The van der Waals surface area contributed by atoms with Gasteiger partial charge >= 0.3 is 0 Å². The van der Waals surface area contributed by atoms with Gasteiger partial charge in [0.2, 0.25) is 0 Å². The molecule has 0 N–H and O–H groups in total. The van der Waals surface area contributed by atoms with Gasteiger partial charge in [-0.15, -0.1) is 0 Å². The van der Waals surface area contributed by atoms with Crippen molar-refractivity contribution in [2.24, 2.45) is 0 Å². The normalized spacial score (nSPS) is 17.5. The highest BCUT2D eigenvalue weighted by Crippen LogP contribution is 2.55. The summed E-state index contributed by atoms with van der Waals surface area (Å²) in [4.78, 5) is 7.88. The molecule has 0 unspecified atom stereocenters. The molecule has 4 aliphatic rings. The summed E-state index contributed by atoms with van der Waals surface area (Å²) in [6.45, 7) is 45.3. The molecule has 0 spiro atoms. The predicted molar refractivity (Wildman–Crippen MR) is 359 cm³/mol. The molecule has 0 radical (unpaired) electrons. The van der Waals surface area contributed by atoms with E-state index in [0.717, 1.165) is 58.3 Å². The topological polar surface area (TPSA) is 22.9 Å². The summed E-state index contributed by atoms with van der Waals surface area (Å²) in [7, 11) is 0. The van der Waals surface area contributed by atoms with Crippen molar-refractivity contribution in [2.75, 3.05) is 14.7 Å². The lowest BCUT2D eigenvalue weighted by atomic mass is 9.33. The summed E-state index contributed by atoms with van der Waals surface area (Å²) in [5.74, 6) is 0. The average molecular weight is 1090 g/mol. The van der Waals surface area contributed by atoms with E-state index in [1.54, 1.807) is 0 Å². The Hall–Kier alpha value is -6.98. The third-order valence-corrected chi connectivity index (χ3v) is 20.5. The summed E-state index contributed by atoms with van der Waals surface area (Å²) >= 11 is 0. The largest absolute Gasteiger partial charge is 0.457 e. The first-order chi connectivity index (χ1) is 38.8. The quantitative estimate of drug-likeness (QED) is 0.160. The molecule has 0 saturated heterocycles. The number of nitrogens with zero attached hydrogens (tertiary/aromatic N) is 3. The second-order valence-electron chi connectivity index (χ2n) is 31.3. The molecule has 0 bridgehead atoms. The summed E-state index contributed by atoms with van der Waals surface area (Å²) < 4.78 is 7.35. The summed E-state index contributed by atoms with van der Waals surface area (Å²) in [5.41, 5.74) is 28.8. The lowest BCUT2D eigenvalue weighted by Crippen LogP contribution is -2.61. The number of para-hydroxylation sites is 1. The molecule has 0 saturated carbocycles. The number of fused-ring (bicyclic) bond motifs is 10. The van der Waals surface area contributed by atoms with Gasteiger partial charge in [-0.1, -0.05) is 178 Å². The SMILES string of the molecule is Cc1cc2c(cc1N1c3cc(N(c4ccc(C(C)(C)C)cc4)c4ccc(C(C)(C)C)cc4)ccc3B3c4c1cc(C(C)(C)C)cc4N(c1cc4c(cc1C)C(C)(C)CCC4(C)C)c1ccc4c(oc5ccccc54)c13)C(C)(C)CCC2(C)C. The van der Waals surface area contributed by atoms with E-state index in [2.05, 4.69) is 286 Å². The number of rotatable bonds is 5. The summed E-state index contributed by atoms with van der Waals surface area (Å²) in [5, 5.41) is 2.30. The smallest absolute Gasteiger partial charge is 0.257 e. The van der Waals surface area contributed by atoms with E-state index < -0.39 is 0 Å². The molecule has 9 aromatic rings. The fourth-order valence-corrected chi connectivity index (χ4v) is 14.9. The molecule has 0 fully saturated rings. The molecule has 2 aliphatic heterocycles. The van der Waals surface area contributed by atoms with E-state index in [4.69, 9.17) is 4.42 Å². The van der Waals surface area contributed by atoms with Crippen LogP contribution in [0.3, 0.4) is 0 Å². The number of hydrogen-bond donors (Lipinski definition) is 0. The summed E-state index contributed by atoms with van der Waals surface area (Å²) in [6, 6.07) is 55.0. The van der Waals surface area contributed by atoms with Gasteiger partial charge in [-0.25, -0.2) is 0 Å². The summed E-state index contributed by atoms with van der Waals surface area (Å²) in [6.07, 6.45) is 4.61. The Morgan fingerprint density at radius 3 is 1.30 bits per heavy atom. The molecular formula is C78H88BN3O. The van der Waals surface area contributed by atoms with Crippen molar-refractivity contribution in [3.05, 3.63) is 190 Å². The van der Waals surface area contributed by atoms with Crippen LogP contribution in [0.1, 0.15) is 193 Å². The third-order valence-electron chi connectivity index (χ3n) is 20.5. The molecule has 4 nitrogen and oxygen atoms in total. The predicted octanol–water partition coefficient (Wildman–Crippen LogP) is 20.3. The Morgan fingerprint density at radius 2 is 0.831 bits per heavy atom. The van der Waals surface area contributed by atoms with Gasteiger partial charge in [0.1, 0.15) is 11.2 Å². The van der Waals surface area contributed by atoms with Gasteiger partial charge in [-0.2, -0.15) is 0 Å². The van der Waals surface area contributed by atoms with Gasteiger partial charge < -0.3 is 19.1 Å². The molecule has 2 aliphatic carbocycles. The zero-order valence-corrected chi connectivity index (χ0v) is 53.4. The standard InChI is InChI=1S/C78H88BN3O/c1-47-40-57-59(77(16,17)38-36-75(57,12)13)45-63(47)81-62-35-33-56-55-22-20-21-23-68(55)83-71(56)70(62)79-61-34-32-54(80(52-28-24-49(25-29-52)72(3,4)5)53-30-26-50(27-31-53)73(6,7)8)44-65(61)82(67-43-51(74(9,10)11)42-66(81)69(67)79)64-46-60-58(41-48(64)2)76(14,15)37-39-78(60,18)19/h20-35,40-46H,36-39H2,1-19H3. The molecular weight excluding hydrogens is 1010 g/mol. The second-order valence-corrected chi connectivity index (χ2v) is 31.3. The van der Waals surface area contributed by atoms with Crippen molar-refractivity contribution in [3.8, 4) is 0 Å². The third kappa shape index (κ3) is 8.73. The Morgan fingerprint density at radius 1 is 0.398 bits per heavy atom. The van der Waals surface area contributed by atoms with Crippen molar-refractivity contribution in [1.82, 2.24) is 0 Å². The second kappa shape index (κ2) is 18.3. The molecule has 83 heavy (non-hydrogen) atoms. The Kier molecular flexibility index (Phi) is 12.2. The van der Waals surface area contributed by atoms with Crippen LogP contribution in [0.25, 0.3) is 21.9 Å². The van der Waals surface area contributed by atoms with Crippen LogP contribution in [0, 0.1) is 13.8 Å². The molecule has 13 rings (SSSR count). The van der Waals surface area contributed by atoms with Gasteiger partial charge in [-0.3, -0.25) is 0 Å². The van der Waals surface area contributed by atoms with Gasteiger partial charge in [0.05, 0.1) is 0 Å². The van der Waals surface area contributed by atoms with E-state index in [0.29, 0.717) is 0 Å². The maximum atomic E-state index is 7.35. The number of hydrogen-bond acceptors (Lipinski definition) is 4. The van der Waals surface area contributed by atoms with Crippen LogP contribution in [0.4, 0.5) is 51.2 Å². The van der Waals surface area contributed by atoms with Crippen LogP contribution < -0.4 is 31.1 Å². The van der Waals surface area contributed by atoms with Crippen molar-refractivity contribution in [2.45, 2.75) is 195 Å². The molecule has 5 heteroatoms. The molecule has 0 amide bonds. The lowest BCUT2D eigenvalue weighted by molar-refractivity contribution is 0.332. The highest BCUT2D eigenvalue weighted by atomic mass is 16.3. The lowest BCUT2D eigenvalue weighted by Gasteiger charge is -2.47. The van der Waals surface area contributed by atoms with Crippen LogP contribution in [-0.4, -0.2) is 6.71 Å². The monoisotopic (exact) mass is 1090 g/mol. The van der Waals surface area contributed by atoms with Crippen LogP contribution >= 0.6 is 0 Å². The number of aryl methyl sites for hydroxylation is 2. The van der Waals surface area contributed by atoms with Crippen LogP contribution in [0.15, 0.2) is 144 Å².